The normalized spacial score (nSPS) is 11.4. The standard InChI is InChI=1S/C17H15BrCl2N4O3/c18-10-3-1-2-9(6-10)14(22-17(21)27)8-15(25)23-24-16(26)12-7-11(19)4-5-13(12)20/h1-7,14H,8H2,(H,23,25)(H,24,26)(H3,21,22,27)/t14-/m0/s1. The molecule has 0 aromatic heterocycles. The second kappa shape index (κ2) is 9.59. The summed E-state index contributed by atoms with van der Waals surface area (Å²) in [6.07, 6.45) is -0.150. The van der Waals surface area contributed by atoms with Crippen molar-refractivity contribution in [1.82, 2.24) is 16.2 Å². The highest BCUT2D eigenvalue weighted by Crippen LogP contribution is 2.21. The summed E-state index contributed by atoms with van der Waals surface area (Å²) in [5.74, 6) is -1.17. The number of carbonyl (C=O) groups excluding carboxylic acids is 3. The number of hydrogen-bond acceptors (Lipinski definition) is 3. The van der Waals surface area contributed by atoms with Gasteiger partial charge in [0, 0.05) is 9.50 Å². The number of nitrogens with two attached hydrogens (primary N) is 1. The summed E-state index contributed by atoms with van der Waals surface area (Å²) in [6.45, 7) is 0. The zero-order valence-corrected chi connectivity index (χ0v) is 16.9. The second-order valence-electron chi connectivity index (χ2n) is 5.45. The number of nitrogens with one attached hydrogen (secondary N) is 3. The maximum absolute atomic E-state index is 12.2. The molecule has 0 unspecified atom stereocenters. The molecular formula is C17H15BrCl2N4O3. The van der Waals surface area contributed by atoms with Crippen LogP contribution in [0.5, 0.6) is 0 Å². The maximum atomic E-state index is 12.2. The lowest BCUT2D eigenvalue weighted by molar-refractivity contribution is -0.122. The number of hydrazine groups is 1. The van der Waals surface area contributed by atoms with Gasteiger partial charge in [0.25, 0.3) is 5.91 Å². The van der Waals surface area contributed by atoms with E-state index in [0.29, 0.717) is 10.6 Å². The molecule has 4 amide bonds. The predicted octanol–water partition coefficient (Wildman–Crippen LogP) is 3.32. The molecule has 2 aromatic rings. The van der Waals surface area contributed by atoms with Gasteiger partial charge in [-0.05, 0) is 35.9 Å². The second-order valence-corrected chi connectivity index (χ2v) is 7.21. The lowest BCUT2D eigenvalue weighted by atomic mass is 10.0. The van der Waals surface area contributed by atoms with Gasteiger partial charge in [0.05, 0.1) is 23.0 Å². The SMILES string of the molecule is NC(=O)N[C@@H](CC(=O)NNC(=O)c1cc(Cl)ccc1Cl)c1cccc(Br)c1. The van der Waals surface area contributed by atoms with E-state index >= 15 is 0 Å². The minimum absolute atomic E-state index is 0.114. The Morgan fingerprint density at radius 2 is 1.81 bits per heavy atom. The highest BCUT2D eigenvalue weighted by atomic mass is 79.9. The molecule has 0 aliphatic rings. The van der Waals surface area contributed by atoms with Crippen molar-refractivity contribution >= 4 is 57.0 Å². The third-order valence-electron chi connectivity index (χ3n) is 3.45. The molecule has 5 N–H and O–H groups in total. The van der Waals surface area contributed by atoms with Crippen molar-refractivity contribution in [2.75, 3.05) is 0 Å². The summed E-state index contributed by atoms with van der Waals surface area (Å²) in [7, 11) is 0. The molecule has 1 atom stereocenters. The van der Waals surface area contributed by atoms with Crippen LogP contribution in [0.25, 0.3) is 0 Å². The van der Waals surface area contributed by atoms with Gasteiger partial charge in [0.1, 0.15) is 0 Å². The topological polar surface area (TPSA) is 113 Å². The first-order valence-electron chi connectivity index (χ1n) is 7.62. The molecule has 2 rings (SSSR count). The molecular weight excluding hydrogens is 459 g/mol. The van der Waals surface area contributed by atoms with Gasteiger partial charge in [-0.3, -0.25) is 20.4 Å². The van der Waals surface area contributed by atoms with Crippen molar-refractivity contribution in [2.45, 2.75) is 12.5 Å². The lowest BCUT2D eigenvalue weighted by Crippen LogP contribution is -2.44. The Hall–Kier alpha value is -2.29. The van der Waals surface area contributed by atoms with Gasteiger partial charge in [-0.2, -0.15) is 0 Å². The molecule has 27 heavy (non-hydrogen) atoms. The molecule has 0 aliphatic heterocycles. The number of primary amides is 1. The van der Waals surface area contributed by atoms with Crippen molar-refractivity contribution in [3.63, 3.8) is 0 Å². The van der Waals surface area contributed by atoms with Gasteiger partial charge < -0.3 is 11.1 Å². The predicted molar refractivity (Wildman–Crippen MR) is 106 cm³/mol. The van der Waals surface area contributed by atoms with E-state index < -0.39 is 23.9 Å². The minimum Gasteiger partial charge on any atom is -0.352 e. The Morgan fingerprint density at radius 3 is 2.48 bits per heavy atom. The van der Waals surface area contributed by atoms with Crippen LogP contribution in [-0.4, -0.2) is 17.8 Å². The summed E-state index contributed by atoms with van der Waals surface area (Å²) < 4.78 is 0.778. The van der Waals surface area contributed by atoms with Gasteiger partial charge in [-0.25, -0.2) is 4.79 Å². The van der Waals surface area contributed by atoms with E-state index in [1.807, 2.05) is 0 Å². The highest BCUT2D eigenvalue weighted by molar-refractivity contribution is 9.10. The van der Waals surface area contributed by atoms with Gasteiger partial charge in [0.2, 0.25) is 5.91 Å². The fourth-order valence-corrected chi connectivity index (χ4v) is 3.04. The number of halogens is 3. The third kappa shape index (κ3) is 6.42. The van der Waals surface area contributed by atoms with Crippen molar-refractivity contribution in [3.05, 3.63) is 68.1 Å². The van der Waals surface area contributed by atoms with Crippen LogP contribution in [0.4, 0.5) is 4.79 Å². The lowest BCUT2D eigenvalue weighted by Gasteiger charge is -2.18. The zero-order valence-electron chi connectivity index (χ0n) is 13.8. The number of carbonyl (C=O) groups is 3. The van der Waals surface area contributed by atoms with Crippen LogP contribution in [0, 0.1) is 0 Å². The third-order valence-corrected chi connectivity index (χ3v) is 4.50. The van der Waals surface area contributed by atoms with Crippen LogP contribution in [0.1, 0.15) is 28.4 Å². The van der Waals surface area contributed by atoms with Gasteiger partial charge in [-0.15, -0.1) is 0 Å². The van der Waals surface area contributed by atoms with Crippen molar-refractivity contribution in [3.8, 4) is 0 Å². The van der Waals surface area contributed by atoms with Crippen molar-refractivity contribution in [1.29, 1.82) is 0 Å². The zero-order chi connectivity index (χ0) is 20.0. The number of rotatable bonds is 5. The van der Waals surface area contributed by atoms with E-state index in [0.717, 1.165) is 4.47 Å². The highest BCUT2D eigenvalue weighted by Gasteiger charge is 2.19. The molecule has 0 saturated carbocycles. The summed E-state index contributed by atoms with van der Waals surface area (Å²) in [5, 5.41) is 3.01. The quantitative estimate of drug-likeness (QED) is 0.499. The Balaban J connectivity index is 2.02. The molecule has 0 bridgehead atoms. The first-order chi connectivity index (χ1) is 12.8. The number of urea groups is 1. The summed E-state index contributed by atoms with van der Waals surface area (Å²) in [5.41, 5.74) is 10.5. The number of amides is 4. The average Bonchev–Trinajstić information content (AvgIpc) is 2.60. The van der Waals surface area contributed by atoms with Gasteiger partial charge >= 0.3 is 6.03 Å². The fraction of sp³-hybridized carbons (Fsp3) is 0.118. The molecule has 7 nitrogen and oxygen atoms in total. The van der Waals surface area contributed by atoms with E-state index in [2.05, 4.69) is 32.1 Å². The first kappa shape index (κ1) is 21.0. The largest absolute Gasteiger partial charge is 0.352 e. The van der Waals surface area contributed by atoms with E-state index in [1.165, 1.54) is 18.2 Å². The van der Waals surface area contributed by atoms with Gasteiger partial charge in [0.15, 0.2) is 0 Å². The van der Waals surface area contributed by atoms with Crippen LogP contribution in [0.15, 0.2) is 46.9 Å². The van der Waals surface area contributed by atoms with E-state index in [4.69, 9.17) is 28.9 Å². The van der Waals surface area contributed by atoms with E-state index in [-0.39, 0.29) is 17.0 Å². The Labute approximate surface area is 173 Å². The van der Waals surface area contributed by atoms with Crippen LogP contribution < -0.4 is 21.9 Å². The smallest absolute Gasteiger partial charge is 0.312 e. The van der Waals surface area contributed by atoms with Crippen molar-refractivity contribution < 1.29 is 14.4 Å². The summed E-state index contributed by atoms with van der Waals surface area (Å²) in [4.78, 5) is 35.6. The summed E-state index contributed by atoms with van der Waals surface area (Å²) >= 11 is 15.1. The summed E-state index contributed by atoms with van der Waals surface area (Å²) in [6, 6.07) is 9.99. The molecule has 2 aromatic carbocycles. The molecule has 0 saturated heterocycles. The minimum atomic E-state index is -0.775. The maximum Gasteiger partial charge on any atom is 0.312 e. The van der Waals surface area contributed by atoms with E-state index in [9.17, 15) is 14.4 Å². The first-order valence-corrected chi connectivity index (χ1v) is 9.17. The monoisotopic (exact) mass is 472 g/mol. The molecule has 142 valence electrons. The Bertz CT molecular complexity index is 879. The molecule has 0 heterocycles. The van der Waals surface area contributed by atoms with Crippen LogP contribution in [0.2, 0.25) is 10.0 Å². The average molecular weight is 474 g/mol. The van der Waals surface area contributed by atoms with E-state index in [1.54, 1.807) is 24.3 Å². The van der Waals surface area contributed by atoms with Crippen LogP contribution in [-0.2, 0) is 4.79 Å². The number of hydrogen-bond donors (Lipinski definition) is 4. The van der Waals surface area contributed by atoms with Crippen LogP contribution >= 0.6 is 39.1 Å². The molecule has 0 fully saturated rings. The van der Waals surface area contributed by atoms with Crippen LogP contribution in [0.3, 0.4) is 0 Å². The van der Waals surface area contributed by atoms with Crippen molar-refractivity contribution in [2.24, 2.45) is 5.73 Å². The molecule has 0 aliphatic carbocycles. The van der Waals surface area contributed by atoms with Gasteiger partial charge in [-0.1, -0.05) is 51.3 Å². The fourth-order valence-electron chi connectivity index (χ4n) is 2.25. The Morgan fingerprint density at radius 1 is 1.07 bits per heavy atom. The molecule has 0 spiro atoms. The number of benzene rings is 2. The molecule has 10 heteroatoms. The Kier molecular flexibility index (Phi) is 7.46. The molecule has 0 radical (unpaired) electrons.